The summed E-state index contributed by atoms with van der Waals surface area (Å²) in [6.45, 7) is 0.0782. The minimum atomic E-state index is -1.22. The molecule has 0 spiro atoms. The fourth-order valence-corrected chi connectivity index (χ4v) is 5.88. The summed E-state index contributed by atoms with van der Waals surface area (Å²) >= 11 is 4.32. The summed E-state index contributed by atoms with van der Waals surface area (Å²) in [7, 11) is 0. The number of thiol groups is 1. The van der Waals surface area contributed by atoms with E-state index in [4.69, 9.17) is 9.47 Å². The lowest BCUT2D eigenvalue weighted by Gasteiger charge is -2.38. The van der Waals surface area contributed by atoms with E-state index in [9.17, 15) is 14.7 Å². The third-order valence-electron chi connectivity index (χ3n) is 7.27. The van der Waals surface area contributed by atoms with Gasteiger partial charge in [-0.05, 0) is 34.4 Å². The average molecular weight is 524 g/mol. The number of benzene rings is 4. The highest BCUT2D eigenvalue weighted by atomic mass is 32.1. The summed E-state index contributed by atoms with van der Waals surface area (Å²) in [5.41, 5.74) is 5.78. The first-order valence-corrected chi connectivity index (χ1v) is 13.0. The second-order valence-electron chi connectivity index (χ2n) is 9.33. The molecule has 6 nitrogen and oxygen atoms in total. The molecule has 7 heteroatoms. The van der Waals surface area contributed by atoms with Crippen molar-refractivity contribution < 1.29 is 24.2 Å². The number of carbonyl (C=O) groups excluding carboxylic acids is 1. The van der Waals surface area contributed by atoms with Gasteiger partial charge in [-0.1, -0.05) is 84.9 Å². The Bertz CT molecular complexity index is 1450. The number of hydrogen-bond acceptors (Lipinski definition) is 5. The van der Waals surface area contributed by atoms with Crippen molar-refractivity contribution in [3.63, 3.8) is 0 Å². The highest BCUT2D eigenvalue weighted by Crippen LogP contribution is 2.47. The molecule has 0 saturated heterocycles. The summed E-state index contributed by atoms with van der Waals surface area (Å²) in [6.07, 6.45) is -0.718. The number of aliphatic carboxylic acids is 1. The van der Waals surface area contributed by atoms with E-state index in [1.165, 1.54) is 4.90 Å². The average Bonchev–Trinajstić information content (AvgIpc) is 3.27. The fraction of sp³-hybridized carbons (Fsp3) is 0.161. The van der Waals surface area contributed by atoms with E-state index in [1.807, 2.05) is 84.9 Å². The standard InChI is InChI=1S/C31H25NO5S/c33-30(34)26(18-38)32(29-23-13-5-7-15-27(23)37-28-16-8-6-14-24(28)29)31(35)36-17-25-21-11-3-1-9-19(21)20-10-2-4-12-22(20)25/h1-16,25-26,29,38H,17-18H2,(H,33,34)/t26-/m0/s1. The molecule has 6 rings (SSSR count). The van der Waals surface area contributed by atoms with Crippen molar-refractivity contribution in [1.29, 1.82) is 0 Å². The number of hydrogen-bond donors (Lipinski definition) is 2. The minimum absolute atomic E-state index is 0.0782. The number of carbonyl (C=O) groups is 2. The molecule has 0 fully saturated rings. The largest absolute Gasteiger partial charge is 0.480 e. The van der Waals surface area contributed by atoms with Crippen molar-refractivity contribution in [3.05, 3.63) is 119 Å². The lowest BCUT2D eigenvalue weighted by atomic mass is 9.92. The third-order valence-corrected chi connectivity index (χ3v) is 7.61. The Morgan fingerprint density at radius 2 is 1.26 bits per heavy atom. The van der Waals surface area contributed by atoms with Gasteiger partial charge >= 0.3 is 12.1 Å². The molecule has 0 saturated carbocycles. The molecule has 1 amide bonds. The minimum Gasteiger partial charge on any atom is -0.480 e. The van der Waals surface area contributed by atoms with Gasteiger partial charge in [-0.15, -0.1) is 0 Å². The Labute approximate surface area is 225 Å². The maximum atomic E-state index is 13.9. The Hall–Kier alpha value is -4.23. The normalized spacial score (nSPS) is 14.3. The maximum absolute atomic E-state index is 13.9. The zero-order chi connectivity index (χ0) is 26.2. The molecule has 1 aliphatic heterocycles. The van der Waals surface area contributed by atoms with Gasteiger partial charge < -0.3 is 14.6 Å². The number of rotatable bonds is 6. The van der Waals surface area contributed by atoms with Gasteiger partial charge in [0, 0.05) is 22.8 Å². The van der Waals surface area contributed by atoms with E-state index in [-0.39, 0.29) is 18.3 Å². The lowest BCUT2D eigenvalue weighted by molar-refractivity contribution is -0.142. The highest BCUT2D eigenvalue weighted by molar-refractivity contribution is 7.80. The highest BCUT2D eigenvalue weighted by Gasteiger charge is 2.42. The summed E-state index contributed by atoms with van der Waals surface area (Å²) in [5, 5.41) is 10.1. The molecule has 4 aromatic rings. The molecule has 0 unspecified atom stereocenters. The van der Waals surface area contributed by atoms with Crippen LogP contribution in [0.3, 0.4) is 0 Å². The topological polar surface area (TPSA) is 76.1 Å². The number of carboxylic acid groups (broad SMARTS) is 1. The Morgan fingerprint density at radius 3 is 1.76 bits per heavy atom. The van der Waals surface area contributed by atoms with Crippen molar-refractivity contribution in [2.24, 2.45) is 0 Å². The van der Waals surface area contributed by atoms with Gasteiger partial charge in [-0.25, -0.2) is 9.59 Å². The SMILES string of the molecule is O=C(O)[C@H](CS)N(C(=O)OCC1c2ccccc2-c2ccccc21)C1c2ccccc2Oc2ccccc21. The first-order valence-electron chi connectivity index (χ1n) is 12.4. The second-order valence-corrected chi connectivity index (χ2v) is 9.69. The molecule has 1 heterocycles. The van der Waals surface area contributed by atoms with Crippen LogP contribution < -0.4 is 4.74 Å². The van der Waals surface area contributed by atoms with E-state index < -0.39 is 24.1 Å². The van der Waals surface area contributed by atoms with Crippen molar-refractivity contribution in [2.45, 2.75) is 18.0 Å². The molecule has 190 valence electrons. The van der Waals surface area contributed by atoms with Crippen LogP contribution in [-0.4, -0.2) is 40.5 Å². The van der Waals surface area contributed by atoms with Crippen LogP contribution in [0.2, 0.25) is 0 Å². The number of ether oxygens (including phenoxy) is 2. The predicted octanol–water partition coefficient (Wildman–Crippen LogP) is 6.52. The van der Waals surface area contributed by atoms with Gasteiger partial charge in [0.25, 0.3) is 0 Å². The van der Waals surface area contributed by atoms with Crippen molar-refractivity contribution in [1.82, 2.24) is 4.90 Å². The first kappa shape index (κ1) is 24.1. The first-order chi connectivity index (χ1) is 18.6. The Morgan fingerprint density at radius 1 is 0.789 bits per heavy atom. The van der Waals surface area contributed by atoms with Crippen molar-refractivity contribution in [2.75, 3.05) is 12.4 Å². The van der Waals surface area contributed by atoms with Crippen LogP contribution in [0.25, 0.3) is 11.1 Å². The number of nitrogens with zero attached hydrogens (tertiary/aromatic N) is 1. The summed E-state index contributed by atoms with van der Waals surface area (Å²) in [4.78, 5) is 27.6. The molecule has 0 aromatic heterocycles. The fourth-order valence-electron chi connectivity index (χ4n) is 5.55. The monoisotopic (exact) mass is 523 g/mol. The van der Waals surface area contributed by atoms with E-state index in [2.05, 4.69) is 24.8 Å². The van der Waals surface area contributed by atoms with Crippen LogP contribution in [0.15, 0.2) is 97.1 Å². The molecular formula is C31H25NO5S. The molecule has 0 radical (unpaired) electrons. The van der Waals surface area contributed by atoms with Crippen molar-refractivity contribution in [3.8, 4) is 22.6 Å². The smallest absolute Gasteiger partial charge is 0.411 e. The number of carboxylic acids is 1. The van der Waals surface area contributed by atoms with Crippen LogP contribution >= 0.6 is 12.6 Å². The number of amides is 1. The summed E-state index contributed by atoms with van der Waals surface area (Å²) in [5.74, 6) is -0.259. The van der Waals surface area contributed by atoms with E-state index in [0.29, 0.717) is 22.6 Å². The van der Waals surface area contributed by atoms with Gasteiger partial charge in [0.05, 0.1) is 6.04 Å². The number of fused-ring (bicyclic) bond motifs is 5. The van der Waals surface area contributed by atoms with E-state index >= 15 is 0 Å². The van der Waals surface area contributed by atoms with Crippen LogP contribution in [0.1, 0.15) is 34.2 Å². The van der Waals surface area contributed by atoms with Crippen LogP contribution in [-0.2, 0) is 9.53 Å². The van der Waals surface area contributed by atoms with Gasteiger partial charge in [-0.3, -0.25) is 4.90 Å². The van der Waals surface area contributed by atoms with E-state index in [1.54, 1.807) is 0 Å². The Balaban J connectivity index is 1.38. The zero-order valence-corrected chi connectivity index (χ0v) is 21.3. The van der Waals surface area contributed by atoms with Gasteiger partial charge in [0.2, 0.25) is 0 Å². The lowest BCUT2D eigenvalue weighted by Crippen LogP contribution is -2.49. The number of para-hydroxylation sites is 2. The zero-order valence-electron chi connectivity index (χ0n) is 20.4. The molecular weight excluding hydrogens is 498 g/mol. The molecule has 1 atom stereocenters. The summed E-state index contributed by atoms with van der Waals surface area (Å²) in [6, 6.07) is 28.9. The van der Waals surface area contributed by atoms with Crippen LogP contribution in [0.5, 0.6) is 11.5 Å². The molecule has 0 bridgehead atoms. The van der Waals surface area contributed by atoms with Gasteiger partial charge in [0.1, 0.15) is 24.1 Å². The van der Waals surface area contributed by atoms with Crippen LogP contribution in [0.4, 0.5) is 4.79 Å². The molecule has 4 aromatic carbocycles. The second kappa shape index (κ2) is 9.91. The maximum Gasteiger partial charge on any atom is 0.411 e. The van der Waals surface area contributed by atoms with Crippen LogP contribution in [0, 0.1) is 0 Å². The van der Waals surface area contributed by atoms with Gasteiger partial charge in [0.15, 0.2) is 0 Å². The third kappa shape index (κ3) is 4.00. The van der Waals surface area contributed by atoms with Gasteiger partial charge in [-0.2, -0.15) is 12.6 Å². The van der Waals surface area contributed by atoms with Crippen molar-refractivity contribution >= 4 is 24.7 Å². The quantitative estimate of drug-likeness (QED) is 0.282. The molecule has 1 aliphatic carbocycles. The Kier molecular flexibility index (Phi) is 6.29. The molecule has 1 N–H and O–H groups in total. The molecule has 2 aliphatic rings. The molecule has 38 heavy (non-hydrogen) atoms. The predicted molar refractivity (Wildman–Crippen MR) is 147 cm³/mol. The van der Waals surface area contributed by atoms with E-state index in [0.717, 1.165) is 22.3 Å². The summed E-state index contributed by atoms with van der Waals surface area (Å²) < 4.78 is 12.1.